The summed E-state index contributed by atoms with van der Waals surface area (Å²) in [5.41, 5.74) is 0.944. The Morgan fingerprint density at radius 3 is 3.00 bits per heavy atom. The van der Waals surface area contributed by atoms with Gasteiger partial charge in [0.05, 0.1) is 10.9 Å². The molecule has 0 unspecified atom stereocenters. The Balaban J connectivity index is 2.70. The van der Waals surface area contributed by atoms with Crippen LogP contribution in [0, 0.1) is 0 Å². The molecule has 0 fully saturated rings. The van der Waals surface area contributed by atoms with Crippen molar-refractivity contribution in [2.24, 2.45) is 7.05 Å². The van der Waals surface area contributed by atoms with Crippen molar-refractivity contribution in [3.05, 3.63) is 24.3 Å². The minimum Gasteiger partial charge on any atom is -0.407 e. The standard InChI is InChI=1S/C9H8N2O2/c1-11-8-5-3-2-4-7(8)9(10-11)13-6-12/h2-6H,1H3. The molecule has 0 aliphatic carbocycles. The monoisotopic (exact) mass is 176 g/mol. The van der Waals surface area contributed by atoms with Gasteiger partial charge < -0.3 is 4.74 Å². The number of hydrogen-bond donors (Lipinski definition) is 0. The van der Waals surface area contributed by atoms with E-state index in [1.165, 1.54) is 0 Å². The van der Waals surface area contributed by atoms with Gasteiger partial charge in [-0.15, -0.1) is 5.10 Å². The fourth-order valence-corrected chi connectivity index (χ4v) is 1.31. The normalized spacial score (nSPS) is 10.2. The van der Waals surface area contributed by atoms with Crippen LogP contribution in [0.25, 0.3) is 10.9 Å². The summed E-state index contributed by atoms with van der Waals surface area (Å²) in [4.78, 5) is 10.2. The lowest BCUT2D eigenvalue weighted by Crippen LogP contribution is -1.92. The molecule has 66 valence electrons. The summed E-state index contributed by atoms with van der Waals surface area (Å²) >= 11 is 0. The Bertz CT molecular complexity index is 448. The number of carbonyl (C=O) groups is 1. The second kappa shape index (κ2) is 2.90. The van der Waals surface area contributed by atoms with Crippen molar-refractivity contribution in [1.29, 1.82) is 0 Å². The van der Waals surface area contributed by atoms with Gasteiger partial charge in [0.1, 0.15) is 0 Å². The first-order chi connectivity index (χ1) is 6.33. The molecule has 4 nitrogen and oxygen atoms in total. The van der Waals surface area contributed by atoms with E-state index in [0.717, 1.165) is 10.9 Å². The Labute approximate surface area is 74.7 Å². The van der Waals surface area contributed by atoms with Gasteiger partial charge in [0.25, 0.3) is 6.47 Å². The zero-order valence-corrected chi connectivity index (χ0v) is 7.10. The van der Waals surface area contributed by atoms with Crippen LogP contribution < -0.4 is 4.74 Å². The van der Waals surface area contributed by atoms with E-state index in [1.54, 1.807) is 11.7 Å². The van der Waals surface area contributed by atoms with Crippen molar-refractivity contribution < 1.29 is 9.53 Å². The van der Waals surface area contributed by atoms with Crippen LogP contribution in [-0.4, -0.2) is 16.3 Å². The molecule has 0 saturated carbocycles. The molecule has 0 aliphatic heterocycles. The molecular weight excluding hydrogens is 168 g/mol. The quantitative estimate of drug-likeness (QED) is 0.644. The molecule has 0 radical (unpaired) electrons. The molecule has 2 aromatic rings. The maximum atomic E-state index is 10.2. The van der Waals surface area contributed by atoms with Crippen molar-refractivity contribution in [1.82, 2.24) is 9.78 Å². The molecule has 0 aliphatic rings. The maximum Gasteiger partial charge on any atom is 0.299 e. The molecule has 0 amide bonds. The van der Waals surface area contributed by atoms with Crippen molar-refractivity contribution >= 4 is 17.4 Å². The molecule has 4 heteroatoms. The van der Waals surface area contributed by atoms with E-state index in [9.17, 15) is 4.79 Å². The summed E-state index contributed by atoms with van der Waals surface area (Å²) in [5, 5.41) is 4.89. The molecule has 1 aromatic carbocycles. The predicted molar refractivity (Wildman–Crippen MR) is 47.4 cm³/mol. The number of para-hydroxylation sites is 1. The number of fused-ring (bicyclic) bond motifs is 1. The highest BCUT2D eigenvalue weighted by Gasteiger charge is 2.07. The van der Waals surface area contributed by atoms with Gasteiger partial charge >= 0.3 is 0 Å². The summed E-state index contributed by atoms with van der Waals surface area (Å²) < 4.78 is 6.40. The molecule has 0 bridgehead atoms. The number of rotatable bonds is 2. The number of aryl methyl sites for hydroxylation is 1. The van der Waals surface area contributed by atoms with E-state index in [1.807, 2.05) is 24.3 Å². The number of nitrogens with zero attached hydrogens (tertiary/aromatic N) is 2. The van der Waals surface area contributed by atoms with E-state index < -0.39 is 0 Å². The number of carbonyl (C=O) groups excluding carboxylic acids is 1. The summed E-state index contributed by atoms with van der Waals surface area (Å²) in [7, 11) is 1.81. The third-order valence-corrected chi connectivity index (χ3v) is 1.88. The molecule has 1 heterocycles. The van der Waals surface area contributed by atoms with Crippen LogP contribution in [0.2, 0.25) is 0 Å². The Morgan fingerprint density at radius 1 is 1.46 bits per heavy atom. The van der Waals surface area contributed by atoms with Gasteiger partial charge in [0, 0.05) is 7.05 Å². The van der Waals surface area contributed by atoms with Gasteiger partial charge in [-0.2, -0.15) is 0 Å². The van der Waals surface area contributed by atoms with Crippen molar-refractivity contribution in [2.75, 3.05) is 0 Å². The summed E-state index contributed by atoms with van der Waals surface area (Å²) in [6.07, 6.45) is 0. The minimum absolute atomic E-state index is 0.355. The molecule has 0 saturated heterocycles. The molecule has 0 spiro atoms. The third kappa shape index (κ3) is 1.16. The second-order valence-corrected chi connectivity index (χ2v) is 2.66. The number of ether oxygens (including phenoxy) is 1. The third-order valence-electron chi connectivity index (χ3n) is 1.88. The van der Waals surface area contributed by atoms with Crippen LogP contribution in [-0.2, 0) is 11.8 Å². The van der Waals surface area contributed by atoms with E-state index in [2.05, 4.69) is 5.10 Å². The lowest BCUT2D eigenvalue weighted by atomic mass is 10.2. The van der Waals surface area contributed by atoms with Gasteiger partial charge in [-0.05, 0) is 12.1 Å². The smallest absolute Gasteiger partial charge is 0.299 e. The lowest BCUT2D eigenvalue weighted by molar-refractivity contribution is -0.120. The molecule has 13 heavy (non-hydrogen) atoms. The minimum atomic E-state index is 0.355. The van der Waals surface area contributed by atoms with Crippen LogP contribution >= 0.6 is 0 Å². The highest BCUT2D eigenvalue weighted by atomic mass is 16.5. The highest BCUT2D eigenvalue weighted by molar-refractivity contribution is 5.85. The number of aromatic nitrogens is 2. The van der Waals surface area contributed by atoms with Crippen LogP contribution in [0.3, 0.4) is 0 Å². The van der Waals surface area contributed by atoms with Gasteiger partial charge in [0.15, 0.2) is 0 Å². The molecule has 0 N–H and O–H groups in total. The number of benzene rings is 1. The predicted octanol–water partition coefficient (Wildman–Crippen LogP) is 1.11. The van der Waals surface area contributed by atoms with Crippen LogP contribution in [0.4, 0.5) is 0 Å². The van der Waals surface area contributed by atoms with E-state index in [0.29, 0.717) is 12.4 Å². The molecule has 2 rings (SSSR count). The van der Waals surface area contributed by atoms with Gasteiger partial charge in [0.2, 0.25) is 5.88 Å². The SMILES string of the molecule is Cn1nc(OC=O)c2ccccc21. The first kappa shape index (κ1) is 7.79. The zero-order valence-electron chi connectivity index (χ0n) is 7.10. The topological polar surface area (TPSA) is 44.1 Å². The lowest BCUT2D eigenvalue weighted by Gasteiger charge is -1.90. The second-order valence-electron chi connectivity index (χ2n) is 2.66. The Kier molecular flexibility index (Phi) is 1.73. The summed E-state index contributed by atoms with van der Waals surface area (Å²) in [5.74, 6) is 0.355. The van der Waals surface area contributed by atoms with Gasteiger partial charge in [-0.25, -0.2) is 0 Å². The average molecular weight is 176 g/mol. The summed E-state index contributed by atoms with van der Waals surface area (Å²) in [6.45, 7) is 0.384. The van der Waals surface area contributed by atoms with E-state index in [-0.39, 0.29) is 0 Å². The number of hydrogen-bond acceptors (Lipinski definition) is 3. The Morgan fingerprint density at radius 2 is 2.23 bits per heavy atom. The average Bonchev–Trinajstić information content (AvgIpc) is 2.46. The van der Waals surface area contributed by atoms with Crippen LogP contribution in [0.15, 0.2) is 24.3 Å². The first-order valence-corrected chi connectivity index (χ1v) is 3.85. The van der Waals surface area contributed by atoms with Crippen molar-refractivity contribution in [2.45, 2.75) is 0 Å². The highest BCUT2D eigenvalue weighted by Crippen LogP contribution is 2.22. The fraction of sp³-hybridized carbons (Fsp3) is 0.111. The van der Waals surface area contributed by atoms with E-state index in [4.69, 9.17) is 4.74 Å². The largest absolute Gasteiger partial charge is 0.407 e. The zero-order chi connectivity index (χ0) is 9.26. The maximum absolute atomic E-state index is 10.2. The fourth-order valence-electron chi connectivity index (χ4n) is 1.31. The summed E-state index contributed by atoms with van der Waals surface area (Å²) in [6, 6.07) is 7.57. The Hall–Kier alpha value is -1.84. The molecule has 0 atom stereocenters. The van der Waals surface area contributed by atoms with Crippen LogP contribution in [0.1, 0.15) is 0 Å². The first-order valence-electron chi connectivity index (χ1n) is 3.85. The van der Waals surface area contributed by atoms with Crippen molar-refractivity contribution in [3.8, 4) is 5.88 Å². The molecular formula is C9H8N2O2. The van der Waals surface area contributed by atoms with Gasteiger partial charge in [-0.3, -0.25) is 9.48 Å². The van der Waals surface area contributed by atoms with E-state index >= 15 is 0 Å². The van der Waals surface area contributed by atoms with Crippen LogP contribution in [0.5, 0.6) is 5.88 Å². The molecule has 1 aromatic heterocycles. The van der Waals surface area contributed by atoms with Crippen molar-refractivity contribution in [3.63, 3.8) is 0 Å². The van der Waals surface area contributed by atoms with Gasteiger partial charge in [-0.1, -0.05) is 12.1 Å².